The Balaban J connectivity index is 2.19. The second kappa shape index (κ2) is 3.23. The maximum Gasteiger partial charge on any atom is 0.0623 e. The molecule has 12 heavy (non-hydrogen) atoms. The smallest absolute Gasteiger partial charge is 0.0623 e. The molecule has 1 saturated carbocycles. The van der Waals surface area contributed by atoms with Crippen LogP contribution in [0.2, 0.25) is 0 Å². The summed E-state index contributed by atoms with van der Waals surface area (Å²) in [4.78, 5) is 4.25. The molecule has 0 unspecified atom stereocenters. The molecule has 0 radical (unpaired) electrons. The number of nitrogens with zero attached hydrogens (tertiary/aromatic N) is 1. The summed E-state index contributed by atoms with van der Waals surface area (Å²) in [6.45, 7) is 0. The summed E-state index contributed by atoms with van der Waals surface area (Å²) in [5.41, 5.74) is 1.04. The number of pyridine rings is 1. The van der Waals surface area contributed by atoms with Gasteiger partial charge in [-0.3, -0.25) is 4.98 Å². The molecule has 1 fully saturated rings. The normalized spacial score (nSPS) is 29.1. The first-order valence-electron chi connectivity index (χ1n) is 4.47. The van der Waals surface area contributed by atoms with E-state index in [4.69, 9.17) is 0 Å². The summed E-state index contributed by atoms with van der Waals surface area (Å²) in [5, 5.41) is 9.60. The predicted molar refractivity (Wildman–Crippen MR) is 46.8 cm³/mol. The van der Waals surface area contributed by atoms with Crippen LogP contribution in [0.25, 0.3) is 0 Å². The standard InChI is InChI=1S/C10H13NO/c12-10-6-3-4-8(10)9-5-1-2-7-11-9/h1-2,5,7-8,10,12H,3-4,6H2/t8-,10-/m1/s1. The first-order chi connectivity index (χ1) is 5.88. The van der Waals surface area contributed by atoms with Gasteiger partial charge in [0.1, 0.15) is 0 Å². The van der Waals surface area contributed by atoms with E-state index in [1.807, 2.05) is 18.2 Å². The van der Waals surface area contributed by atoms with Gasteiger partial charge in [0, 0.05) is 17.8 Å². The van der Waals surface area contributed by atoms with Crippen molar-refractivity contribution in [3.05, 3.63) is 30.1 Å². The fraction of sp³-hybridized carbons (Fsp3) is 0.500. The van der Waals surface area contributed by atoms with Crippen molar-refractivity contribution in [1.82, 2.24) is 4.98 Å². The van der Waals surface area contributed by atoms with Gasteiger partial charge < -0.3 is 5.11 Å². The lowest BCUT2D eigenvalue weighted by atomic mass is 10.0. The molecule has 0 bridgehead atoms. The number of aliphatic hydroxyl groups is 1. The van der Waals surface area contributed by atoms with Crippen LogP contribution in [-0.2, 0) is 0 Å². The Labute approximate surface area is 72.3 Å². The Morgan fingerprint density at radius 3 is 2.83 bits per heavy atom. The van der Waals surface area contributed by atoms with Crippen LogP contribution in [0.3, 0.4) is 0 Å². The van der Waals surface area contributed by atoms with E-state index in [-0.39, 0.29) is 12.0 Å². The van der Waals surface area contributed by atoms with Gasteiger partial charge in [0.15, 0.2) is 0 Å². The third-order valence-electron chi connectivity index (χ3n) is 2.55. The summed E-state index contributed by atoms with van der Waals surface area (Å²) >= 11 is 0. The zero-order chi connectivity index (χ0) is 8.39. The van der Waals surface area contributed by atoms with Crippen LogP contribution in [0.5, 0.6) is 0 Å². The summed E-state index contributed by atoms with van der Waals surface area (Å²) in [6.07, 6.45) is 4.77. The van der Waals surface area contributed by atoms with E-state index in [0.717, 1.165) is 25.0 Å². The lowest BCUT2D eigenvalue weighted by Gasteiger charge is -2.12. The number of rotatable bonds is 1. The van der Waals surface area contributed by atoms with Crippen molar-refractivity contribution < 1.29 is 5.11 Å². The van der Waals surface area contributed by atoms with E-state index in [1.165, 1.54) is 0 Å². The van der Waals surface area contributed by atoms with Gasteiger partial charge in [-0.2, -0.15) is 0 Å². The largest absolute Gasteiger partial charge is 0.392 e. The maximum absolute atomic E-state index is 9.60. The Bertz CT molecular complexity index is 247. The van der Waals surface area contributed by atoms with Crippen LogP contribution in [0.15, 0.2) is 24.4 Å². The van der Waals surface area contributed by atoms with Gasteiger partial charge in [-0.25, -0.2) is 0 Å². The molecule has 1 aliphatic carbocycles. The minimum atomic E-state index is -0.167. The van der Waals surface area contributed by atoms with Crippen molar-refractivity contribution in [2.24, 2.45) is 0 Å². The predicted octanol–water partition coefficient (Wildman–Crippen LogP) is 1.71. The van der Waals surface area contributed by atoms with E-state index >= 15 is 0 Å². The van der Waals surface area contributed by atoms with Gasteiger partial charge in [0.2, 0.25) is 0 Å². The van der Waals surface area contributed by atoms with Crippen LogP contribution in [0.4, 0.5) is 0 Å². The van der Waals surface area contributed by atoms with Gasteiger partial charge in [-0.1, -0.05) is 12.5 Å². The van der Waals surface area contributed by atoms with E-state index in [9.17, 15) is 5.11 Å². The highest BCUT2D eigenvalue weighted by Gasteiger charge is 2.27. The molecule has 1 aliphatic rings. The Morgan fingerprint density at radius 1 is 1.33 bits per heavy atom. The summed E-state index contributed by atoms with van der Waals surface area (Å²) in [5.74, 6) is 0.284. The van der Waals surface area contributed by atoms with Crippen LogP contribution in [0, 0.1) is 0 Å². The second-order valence-corrected chi connectivity index (χ2v) is 3.36. The first-order valence-corrected chi connectivity index (χ1v) is 4.47. The molecule has 0 saturated heterocycles. The zero-order valence-electron chi connectivity index (χ0n) is 6.98. The highest BCUT2D eigenvalue weighted by atomic mass is 16.3. The Hall–Kier alpha value is -0.890. The molecule has 2 atom stereocenters. The SMILES string of the molecule is O[C@@H]1CCC[C@@H]1c1ccccn1. The monoisotopic (exact) mass is 163 g/mol. The summed E-state index contributed by atoms with van der Waals surface area (Å²) in [7, 11) is 0. The molecule has 64 valence electrons. The van der Waals surface area contributed by atoms with Crippen LogP contribution in [0.1, 0.15) is 30.9 Å². The summed E-state index contributed by atoms with van der Waals surface area (Å²) < 4.78 is 0. The number of hydrogen-bond donors (Lipinski definition) is 1. The third kappa shape index (κ3) is 1.34. The van der Waals surface area contributed by atoms with E-state index in [1.54, 1.807) is 6.20 Å². The summed E-state index contributed by atoms with van der Waals surface area (Å²) in [6, 6.07) is 5.89. The van der Waals surface area contributed by atoms with Crippen LogP contribution < -0.4 is 0 Å². The van der Waals surface area contributed by atoms with E-state index in [0.29, 0.717) is 0 Å². The van der Waals surface area contributed by atoms with Gasteiger partial charge in [0.25, 0.3) is 0 Å². The molecule has 2 nitrogen and oxygen atoms in total. The van der Waals surface area contributed by atoms with E-state index in [2.05, 4.69) is 4.98 Å². The van der Waals surface area contributed by atoms with Gasteiger partial charge >= 0.3 is 0 Å². The number of aromatic nitrogens is 1. The molecule has 1 aromatic heterocycles. The molecule has 1 aromatic rings. The first kappa shape index (κ1) is 7.74. The molecule has 0 amide bonds. The molecule has 0 aliphatic heterocycles. The van der Waals surface area contributed by atoms with Gasteiger partial charge in [0.05, 0.1) is 6.10 Å². The van der Waals surface area contributed by atoms with E-state index < -0.39 is 0 Å². The van der Waals surface area contributed by atoms with Crippen LogP contribution in [-0.4, -0.2) is 16.2 Å². The molecule has 2 heteroatoms. The fourth-order valence-corrected chi connectivity index (χ4v) is 1.88. The molecule has 1 heterocycles. The second-order valence-electron chi connectivity index (χ2n) is 3.36. The van der Waals surface area contributed by atoms with Crippen molar-refractivity contribution >= 4 is 0 Å². The molecule has 0 spiro atoms. The number of hydrogen-bond acceptors (Lipinski definition) is 2. The highest BCUT2D eigenvalue weighted by Crippen LogP contribution is 2.32. The van der Waals surface area contributed by atoms with Gasteiger partial charge in [-0.05, 0) is 25.0 Å². The third-order valence-corrected chi connectivity index (χ3v) is 2.55. The van der Waals surface area contributed by atoms with Crippen LogP contribution >= 0.6 is 0 Å². The van der Waals surface area contributed by atoms with Crippen molar-refractivity contribution in [3.8, 4) is 0 Å². The lowest BCUT2D eigenvalue weighted by Crippen LogP contribution is -2.11. The minimum absolute atomic E-state index is 0.167. The lowest BCUT2D eigenvalue weighted by molar-refractivity contribution is 0.162. The maximum atomic E-state index is 9.60. The highest BCUT2D eigenvalue weighted by molar-refractivity contribution is 5.12. The van der Waals surface area contributed by atoms with Crippen molar-refractivity contribution in [2.45, 2.75) is 31.3 Å². The number of aliphatic hydroxyl groups excluding tert-OH is 1. The average molecular weight is 163 g/mol. The molecular weight excluding hydrogens is 150 g/mol. The molecule has 1 N–H and O–H groups in total. The average Bonchev–Trinajstić information content (AvgIpc) is 2.53. The zero-order valence-corrected chi connectivity index (χ0v) is 6.98. The molecule has 2 rings (SSSR count). The van der Waals surface area contributed by atoms with Crippen molar-refractivity contribution in [2.75, 3.05) is 0 Å². The van der Waals surface area contributed by atoms with Crippen molar-refractivity contribution in [1.29, 1.82) is 0 Å². The fourth-order valence-electron chi connectivity index (χ4n) is 1.88. The van der Waals surface area contributed by atoms with Crippen molar-refractivity contribution in [3.63, 3.8) is 0 Å². The molecular formula is C10H13NO. The molecule has 0 aromatic carbocycles. The quantitative estimate of drug-likeness (QED) is 0.683. The topological polar surface area (TPSA) is 33.1 Å². The minimum Gasteiger partial charge on any atom is -0.392 e. The Kier molecular flexibility index (Phi) is 2.09. The van der Waals surface area contributed by atoms with Gasteiger partial charge in [-0.15, -0.1) is 0 Å². The Morgan fingerprint density at radius 2 is 2.25 bits per heavy atom.